The van der Waals surface area contributed by atoms with Crippen LogP contribution in [0.25, 0.3) is 0 Å². The van der Waals surface area contributed by atoms with Crippen LogP contribution in [0.2, 0.25) is 0 Å². The van der Waals surface area contributed by atoms with E-state index in [1.54, 1.807) is 0 Å². The molecular formula is C12H20N2. The predicted molar refractivity (Wildman–Crippen MR) is 61.7 cm³/mol. The van der Waals surface area contributed by atoms with E-state index >= 15 is 0 Å². The topological polar surface area (TPSA) is 35.9 Å². The molecule has 0 aromatic rings. The van der Waals surface area contributed by atoms with Crippen molar-refractivity contribution in [3.05, 3.63) is 23.9 Å². The van der Waals surface area contributed by atoms with E-state index in [2.05, 4.69) is 18.8 Å². The minimum atomic E-state index is 0.601. The second-order valence-electron chi connectivity index (χ2n) is 3.77. The first-order chi connectivity index (χ1) is 6.81. The summed E-state index contributed by atoms with van der Waals surface area (Å²) >= 11 is 0. The van der Waals surface area contributed by atoms with Crippen molar-refractivity contribution < 1.29 is 0 Å². The lowest BCUT2D eigenvalue weighted by molar-refractivity contribution is 0.590. The maximum Gasteiger partial charge on any atom is 0.0384 e. The Hall–Kier alpha value is -1.05. The molecule has 1 aliphatic rings. The fraction of sp³-hybridized carbons (Fsp3) is 0.583. The Morgan fingerprint density at radius 1 is 1.50 bits per heavy atom. The van der Waals surface area contributed by atoms with Crippen LogP contribution in [0.1, 0.15) is 39.0 Å². The first-order valence-electron chi connectivity index (χ1n) is 5.44. The SMILES string of the molecule is C=C/C(NC1CCCC1)=C(/C=N)CC. The monoisotopic (exact) mass is 192 g/mol. The number of allylic oxidation sites excluding steroid dienone is 2. The zero-order valence-corrected chi connectivity index (χ0v) is 8.97. The molecule has 1 aliphatic carbocycles. The molecule has 0 atom stereocenters. The highest BCUT2D eigenvalue weighted by Gasteiger charge is 2.15. The lowest BCUT2D eigenvalue weighted by atomic mass is 10.1. The highest BCUT2D eigenvalue weighted by molar-refractivity contribution is 5.77. The highest BCUT2D eigenvalue weighted by atomic mass is 14.9. The first kappa shape index (κ1) is 11.0. The van der Waals surface area contributed by atoms with Crippen molar-refractivity contribution in [2.45, 2.75) is 45.1 Å². The van der Waals surface area contributed by atoms with Crippen molar-refractivity contribution in [1.29, 1.82) is 5.41 Å². The van der Waals surface area contributed by atoms with Crippen LogP contribution in [0.15, 0.2) is 23.9 Å². The smallest absolute Gasteiger partial charge is 0.0384 e. The van der Waals surface area contributed by atoms with Gasteiger partial charge in [-0.1, -0.05) is 26.3 Å². The Morgan fingerprint density at radius 3 is 2.57 bits per heavy atom. The van der Waals surface area contributed by atoms with Gasteiger partial charge in [-0.25, -0.2) is 0 Å². The van der Waals surface area contributed by atoms with E-state index in [0.29, 0.717) is 6.04 Å². The minimum absolute atomic E-state index is 0.601. The lowest BCUT2D eigenvalue weighted by Gasteiger charge is -2.16. The molecule has 0 saturated heterocycles. The van der Waals surface area contributed by atoms with Crippen molar-refractivity contribution in [3.63, 3.8) is 0 Å². The third-order valence-corrected chi connectivity index (χ3v) is 2.82. The van der Waals surface area contributed by atoms with Gasteiger partial charge in [0.1, 0.15) is 0 Å². The van der Waals surface area contributed by atoms with Crippen molar-refractivity contribution >= 4 is 6.21 Å². The van der Waals surface area contributed by atoms with Crippen LogP contribution in [0.5, 0.6) is 0 Å². The Bertz CT molecular complexity index is 235. The zero-order valence-electron chi connectivity index (χ0n) is 8.97. The average molecular weight is 192 g/mol. The molecule has 14 heavy (non-hydrogen) atoms. The summed E-state index contributed by atoms with van der Waals surface area (Å²) in [4.78, 5) is 0. The summed E-state index contributed by atoms with van der Waals surface area (Å²) in [6, 6.07) is 0.601. The van der Waals surface area contributed by atoms with Gasteiger partial charge in [0.15, 0.2) is 0 Å². The van der Waals surface area contributed by atoms with Crippen LogP contribution in [-0.4, -0.2) is 12.3 Å². The molecule has 78 valence electrons. The molecule has 1 saturated carbocycles. The van der Waals surface area contributed by atoms with Crippen molar-refractivity contribution in [3.8, 4) is 0 Å². The summed E-state index contributed by atoms with van der Waals surface area (Å²) in [7, 11) is 0. The van der Waals surface area contributed by atoms with Crippen LogP contribution in [0.4, 0.5) is 0 Å². The van der Waals surface area contributed by atoms with E-state index in [1.807, 2.05) is 6.08 Å². The molecule has 2 N–H and O–H groups in total. The Labute approximate surface area is 86.6 Å². The fourth-order valence-electron chi connectivity index (χ4n) is 1.94. The largest absolute Gasteiger partial charge is 0.382 e. The molecule has 2 heteroatoms. The summed E-state index contributed by atoms with van der Waals surface area (Å²) in [5, 5.41) is 10.8. The number of hydrogen-bond acceptors (Lipinski definition) is 2. The molecule has 0 unspecified atom stereocenters. The Kier molecular flexibility index (Phi) is 4.44. The summed E-state index contributed by atoms with van der Waals surface area (Å²) in [5.74, 6) is 0. The quantitative estimate of drug-likeness (QED) is 0.510. The van der Waals surface area contributed by atoms with Crippen LogP contribution in [0.3, 0.4) is 0 Å². The molecule has 0 spiro atoms. The summed E-state index contributed by atoms with van der Waals surface area (Å²) < 4.78 is 0. The van der Waals surface area contributed by atoms with Gasteiger partial charge in [-0.2, -0.15) is 0 Å². The summed E-state index contributed by atoms with van der Waals surface area (Å²) in [6.07, 6.45) is 9.33. The molecule has 2 nitrogen and oxygen atoms in total. The predicted octanol–water partition coefficient (Wildman–Crippen LogP) is 3.02. The van der Waals surface area contributed by atoms with Crippen LogP contribution >= 0.6 is 0 Å². The van der Waals surface area contributed by atoms with Crippen molar-refractivity contribution in [1.82, 2.24) is 5.32 Å². The maximum atomic E-state index is 7.30. The molecule has 0 amide bonds. The lowest BCUT2D eigenvalue weighted by Crippen LogP contribution is -2.25. The van der Waals surface area contributed by atoms with Gasteiger partial charge < -0.3 is 10.7 Å². The zero-order chi connectivity index (χ0) is 10.4. The van der Waals surface area contributed by atoms with Gasteiger partial charge in [0, 0.05) is 18.0 Å². The second kappa shape index (κ2) is 5.63. The Morgan fingerprint density at radius 2 is 2.14 bits per heavy atom. The molecule has 0 aliphatic heterocycles. The van der Waals surface area contributed by atoms with Gasteiger partial charge in [-0.3, -0.25) is 0 Å². The van der Waals surface area contributed by atoms with Crippen molar-refractivity contribution in [2.24, 2.45) is 0 Å². The molecular weight excluding hydrogens is 172 g/mol. The van der Waals surface area contributed by atoms with Crippen molar-refractivity contribution in [2.75, 3.05) is 0 Å². The maximum absolute atomic E-state index is 7.30. The van der Waals surface area contributed by atoms with E-state index in [-0.39, 0.29) is 0 Å². The first-order valence-corrected chi connectivity index (χ1v) is 5.44. The summed E-state index contributed by atoms with van der Waals surface area (Å²) in [5.41, 5.74) is 2.10. The van der Waals surface area contributed by atoms with E-state index in [0.717, 1.165) is 17.7 Å². The second-order valence-corrected chi connectivity index (χ2v) is 3.77. The van der Waals surface area contributed by atoms with Gasteiger partial charge in [-0.15, -0.1) is 0 Å². The molecule has 1 fully saturated rings. The average Bonchev–Trinajstić information content (AvgIpc) is 2.70. The third-order valence-electron chi connectivity index (χ3n) is 2.82. The molecule has 0 aromatic heterocycles. The van der Waals surface area contributed by atoms with E-state index < -0.39 is 0 Å². The van der Waals surface area contributed by atoms with Gasteiger partial charge in [0.05, 0.1) is 0 Å². The normalized spacial score (nSPS) is 18.9. The van der Waals surface area contributed by atoms with E-state index in [1.165, 1.54) is 31.9 Å². The summed E-state index contributed by atoms with van der Waals surface area (Å²) in [6.45, 7) is 5.87. The van der Waals surface area contributed by atoms with Gasteiger partial charge >= 0.3 is 0 Å². The molecule has 0 aromatic carbocycles. The third kappa shape index (κ3) is 2.72. The van der Waals surface area contributed by atoms with E-state index in [9.17, 15) is 0 Å². The van der Waals surface area contributed by atoms with Crippen LogP contribution in [0, 0.1) is 5.41 Å². The Balaban J connectivity index is 2.64. The number of rotatable bonds is 5. The molecule has 0 bridgehead atoms. The van der Waals surface area contributed by atoms with Gasteiger partial charge in [-0.05, 0) is 30.9 Å². The molecule has 0 heterocycles. The minimum Gasteiger partial charge on any atom is -0.382 e. The molecule has 1 rings (SSSR count). The molecule has 0 radical (unpaired) electrons. The number of hydrogen-bond donors (Lipinski definition) is 2. The number of nitrogens with one attached hydrogen (secondary N) is 2. The highest BCUT2D eigenvalue weighted by Crippen LogP contribution is 2.19. The van der Waals surface area contributed by atoms with Gasteiger partial charge in [0.2, 0.25) is 0 Å². The fourth-order valence-corrected chi connectivity index (χ4v) is 1.94. The van der Waals surface area contributed by atoms with Crippen LogP contribution in [-0.2, 0) is 0 Å². The standard InChI is InChI=1S/C12H20N2/c1-3-10(9-13)12(4-2)14-11-7-5-6-8-11/h4,9,11,13-14H,2-3,5-8H2,1H3/b12-10-,13-9?. The van der Waals surface area contributed by atoms with E-state index in [4.69, 9.17) is 5.41 Å². The van der Waals surface area contributed by atoms with Gasteiger partial charge in [0.25, 0.3) is 0 Å². The van der Waals surface area contributed by atoms with Crippen LogP contribution < -0.4 is 5.32 Å².